The van der Waals surface area contributed by atoms with Gasteiger partial charge >= 0.3 is 0 Å². The number of rotatable bonds is 4. The summed E-state index contributed by atoms with van der Waals surface area (Å²) in [7, 11) is 0. The normalized spacial score (nSPS) is 10.7. The van der Waals surface area contributed by atoms with Crippen LogP contribution in [-0.4, -0.2) is 16.8 Å². The molecule has 6 nitrogen and oxygen atoms in total. The van der Waals surface area contributed by atoms with Gasteiger partial charge in [0, 0.05) is 22.2 Å². The summed E-state index contributed by atoms with van der Waals surface area (Å²) >= 11 is 0. The second-order valence-electron chi connectivity index (χ2n) is 6.85. The smallest absolute Gasteiger partial charge is 0.272 e. The first kappa shape index (κ1) is 18.3. The molecule has 0 aliphatic rings. The Kier molecular flexibility index (Phi) is 4.75. The minimum absolute atomic E-state index is 0.242. The highest BCUT2D eigenvalue weighted by Gasteiger charge is 2.11. The maximum absolute atomic E-state index is 12.5. The first-order chi connectivity index (χ1) is 14.0. The lowest BCUT2D eigenvalue weighted by Gasteiger charge is -2.09. The number of carbonyl (C=O) groups excluding carboxylic acids is 2. The van der Waals surface area contributed by atoms with Gasteiger partial charge in [0.25, 0.3) is 11.8 Å². The van der Waals surface area contributed by atoms with E-state index in [2.05, 4.69) is 15.6 Å². The second-order valence-corrected chi connectivity index (χ2v) is 6.85. The molecular weight excluding hydrogens is 364 g/mol. The molecule has 6 heteroatoms. The second kappa shape index (κ2) is 7.52. The van der Waals surface area contributed by atoms with Crippen molar-refractivity contribution in [3.8, 4) is 0 Å². The van der Waals surface area contributed by atoms with Crippen LogP contribution in [0.3, 0.4) is 0 Å². The number of anilines is 3. The fourth-order valence-electron chi connectivity index (χ4n) is 3.08. The van der Waals surface area contributed by atoms with E-state index in [4.69, 9.17) is 5.73 Å². The summed E-state index contributed by atoms with van der Waals surface area (Å²) in [6.07, 6.45) is 0. The number of nitrogen functional groups attached to an aromatic ring is 1. The van der Waals surface area contributed by atoms with Gasteiger partial charge < -0.3 is 21.4 Å². The number of para-hydroxylation sites is 2. The molecule has 0 bridgehead atoms. The number of amides is 2. The van der Waals surface area contributed by atoms with Crippen LogP contribution in [0.1, 0.15) is 26.4 Å². The van der Waals surface area contributed by atoms with Crippen LogP contribution in [-0.2, 0) is 0 Å². The number of nitrogens with two attached hydrogens (primary N) is 1. The third-order valence-corrected chi connectivity index (χ3v) is 4.63. The van der Waals surface area contributed by atoms with Gasteiger partial charge in [-0.2, -0.15) is 0 Å². The summed E-state index contributed by atoms with van der Waals surface area (Å²) in [5, 5.41) is 6.60. The van der Waals surface area contributed by atoms with Crippen molar-refractivity contribution in [2.75, 3.05) is 16.4 Å². The Balaban J connectivity index is 1.45. The number of benzene rings is 3. The first-order valence-corrected chi connectivity index (χ1v) is 9.16. The molecule has 0 unspecified atom stereocenters. The van der Waals surface area contributed by atoms with Crippen molar-refractivity contribution >= 4 is 39.8 Å². The molecule has 3 aromatic carbocycles. The van der Waals surface area contributed by atoms with E-state index < -0.39 is 0 Å². The largest absolute Gasteiger partial charge is 0.397 e. The summed E-state index contributed by atoms with van der Waals surface area (Å²) in [6, 6.07) is 21.5. The van der Waals surface area contributed by atoms with Gasteiger partial charge in [-0.1, -0.05) is 23.8 Å². The lowest BCUT2D eigenvalue weighted by molar-refractivity contribution is 0.101. The molecule has 0 atom stereocenters. The summed E-state index contributed by atoms with van der Waals surface area (Å²) in [4.78, 5) is 28.0. The summed E-state index contributed by atoms with van der Waals surface area (Å²) < 4.78 is 0. The van der Waals surface area contributed by atoms with Crippen molar-refractivity contribution in [2.45, 2.75) is 6.92 Å². The Morgan fingerprint density at radius 3 is 2.38 bits per heavy atom. The predicted octanol–water partition coefficient (Wildman–Crippen LogP) is 4.56. The topological polar surface area (TPSA) is 100 Å². The Labute approximate surface area is 167 Å². The lowest BCUT2D eigenvalue weighted by Crippen LogP contribution is -2.14. The van der Waals surface area contributed by atoms with Crippen molar-refractivity contribution in [1.29, 1.82) is 0 Å². The van der Waals surface area contributed by atoms with Gasteiger partial charge in [0.15, 0.2) is 0 Å². The van der Waals surface area contributed by atoms with E-state index in [-0.39, 0.29) is 11.8 Å². The average Bonchev–Trinajstić information content (AvgIpc) is 3.13. The monoisotopic (exact) mass is 384 g/mol. The quantitative estimate of drug-likeness (QED) is 0.388. The zero-order valence-electron chi connectivity index (χ0n) is 15.8. The molecule has 4 rings (SSSR count). The molecule has 2 amide bonds. The Morgan fingerprint density at radius 2 is 1.62 bits per heavy atom. The Bertz CT molecular complexity index is 1210. The molecule has 1 heterocycles. The fourth-order valence-corrected chi connectivity index (χ4v) is 3.08. The molecule has 0 radical (unpaired) electrons. The van der Waals surface area contributed by atoms with Gasteiger partial charge in [-0.25, -0.2) is 0 Å². The summed E-state index contributed by atoms with van der Waals surface area (Å²) in [5.41, 5.74) is 10.5. The molecule has 5 N–H and O–H groups in total. The average molecular weight is 384 g/mol. The van der Waals surface area contributed by atoms with Crippen LogP contribution in [0.25, 0.3) is 10.9 Å². The van der Waals surface area contributed by atoms with Crippen LogP contribution >= 0.6 is 0 Å². The number of aromatic amines is 1. The zero-order valence-corrected chi connectivity index (χ0v) is 15.8. The van der Waals surface area contributed by atoms with Crippen molar-refractivity contribution in [1.82, 2.24) is 4.98 Å². The van der Waals surface area contributed by atoms with Crippen molar-refractivity contribution in [2.24, 2.45) is 0 Å². The van der Waals surface area contributed by atoms with Crippen LogP contribution in [0.4, 0.5) is 17.1 Å². The molecule has 0 aliphatic carbocycles. The number of fused-ring (bicyclic) bond motifs is 1. The SMILES string of the molecule is Cc1ccc2[nH]c(C(=O)Nc3ccc(C(=O)Nc4ccccc4N)cc3)cc2c1. The van der Waals surface area contributed by atoms with E-state index in [1.54, 1.807) is 48.5 Å². The van der Waals surface area contributed by atoms with Gasteiger partial charge in [-0.15, -0.1) is 0 Å². The van der Waals surface area contributed by atoms with E-state index >= 15 is 0 Å². The highest BCUT2D eigenvalue weighted by molar-refractivity contribution is 6.07. The molecule has 1 aromatic heterocycles. The maximum Gasteiger partial charge on any atom is 0.272 e. The molecule has 0 fully saturated rings. The highest BCUT2D eigenvalue weighted by Crippen LogP contribution is 2.20. The number of H-pyrrole nitrogens is 1. The minimum atomic E-state index is -0.272. The van der Waals surface area contributed by atoms with Gasteiger partial charge in [0.05, 0.1) is 11.4 Å². The number of aryl methyl sites for hydroxylation is 1. The maximum atomic E-state index is 12.5. The molecule has 0 saturated heterocycles. The Hall–Kier alpha value is -4.06. The third-order valence-electron chi connectivity index (χ3n) is 4.63. The van der Waals surface area contributed by atoms with E-state index in [1.165, 1.54) is 0 Å². The molecule has 29 heavy (non-hydrogen) atoms. The van der Waals surface area contributed by atoms with Gasteiger partial charge in [-0.05, 0) is 61.5 Å². The van der Waals surface area contributed by atoms with Gasteiger partial charge in [0.1, 0.15) is 5.69 Å². The number of hydrogen-bond donors (Lipinski definition) is 4. The molecule has 0 saturated carbocycles. The Morgan fingerprint density at radius 1 is 0.862 bits per heavy atom. The van der Waals surface area contributed by atoms with E-state index in [0.29, 0.717) is 28.3 Å². The summed E-state index contributed by atoms with van der Waals surface area (Å²) in [6.45, 7) is 2.01. The molecule has 0 spiro atoms. The van der Waals surface area contributed by atoms with Crippen molar-refractivity contribution in [3.05, 3.63) is 89.6 Å². The van der Waals surface area contributed by atoms with Crippen LogP contribution in [0.2, 0.25) is 0 Å². The first-order valence-electron chi connectivity index (χ1n) is 9.16. The number of nitrogens with one attached hydrogen (secondary N) is 3. The molecule has 4 aromatic rings. The fraction of sp³-hybridized carbons (Fsp3) is 0.0435. The number of aromatic nitrogens is 1. The predicted molar refractivity (Wildman–Crippen MR) is 116 cm³/mol. The lowest BCUT2D eigenvalue weighted by atomic mass is 10.1. The summed E-state index contributed by atoms with van der Waals surface area (Å²) in [5.74, 6) is -0.514. The van der Waals surface area contributed by atoms with Crippen LogP contribution in [0, 0.1) is 6.92 Å². The highest BCUT2D eigenvalue weighted by atomic mass is 16.2. The zero-order chi connectivity index (χ0) is 20.4. The van der Waals surface area contributed by atoms with E-state index in [0.717, 1.165) is 16.5 Å². The van der Waals surface area contributed by atoms with Crippen LogP contribution in [0.5, 0.6) is 0 Å². The molecule has 144 valence electrons. The standard InChI is InChI=1S/C23H20N4O2/c1-14-6-11-19-16(12-14)13-21(26-19)23(29)25-17-9-7-15(8-10-17)22(28)27-20-5-3-2-4-18(20)24/h2-13,26H,24H2,1H3,(H,25,29)(H,27,28). The van der Waals surface area contributed by atoms with Crippen LogP contribution in [0.15, 0.2) is 72.8 Å². The van der Waals surface area contributed by atoms with Crippen molar-refractivity contribution < 1.29 is 9.59 Å². The minimum Gasteiger partial charge on any atom is -0.397 e. The molecule has 0 aliphatic heterocycles. The van der Waals surface area contributed by atoms with Gasteiger partial charge in [-0.3, -0.25) is 9.59 Å². The van der Waals surface area contributed by atoms with E-state index in [1.807, 2.05) is 31.2 Å². The van der Waals surface area contributed by atoms with E-state index in [9.17, 15) is 9.59 Å². The number of hydrogen-bond acceptors (Lipinski definition) is 3. The van der Waals surface area contributed by atoms with Crippen LogP contribution < -0.4 is 16.4 Å². The van der Waals surface area contributed by atoms with Gasteiger partial charge in [0.2, 0.25) is 0 Å². The third kappa shape index (κ3) is 3.96. The molecular formula is C23H20N4O2. The number of carbonyl (C=O) groups is 2. The van der Waals surface area contributed by atoms with Crippen molar-refractivity contribution in [3.63, 3.8) is 0 Å².